The molecule has 0 bridgehead atoms. The molecular weight excluding hydrogens is 764 g/mol. The number of anilines is 1. The van der Waals surface area contributed by atoms with Crippen molar-refractivity contribution >= 4 is 55.3 Å². The number of halogens is 7. The highest BCUT2D eigenvalue weighted by atomic mass is 35.5. The van der Waals surface area contributed by atoms with Crippen LogP contribution in [0.15, 0.2) is 42.6 Å². The van der Waals surface area contributed by atoms with Gasteiger partial charge < -0.3 is 5.32 Å². The highest BCUT2D eigenvalue weighted by molar-refractivity contribution is 7.92. The van der Waals surface area contributed by atoms with Crippen LogP contribution in [0.1, 0.15) is 53.5 Å². The molecule has 54 heavy (non-hydrogen) atoms. The molecule has 1 amide bonds. The molecular formula is C34H28ClF6N9O3S. The van der Waals surface area contributed by atoms with E-state index in [1.165, 1.54) is 16.9 Å². The highest BCUT2D eigenvalue weighted by Crippen LogP contribution is 2.71. The van der Waals surface area contributed by atoms with Crippen LogP contribution in [-0.4, -0.2) is 55.3 Å². The number of nitrogens with one attached hydrogen (secondary N) is 3. The minimum Gasteiger partial charge on any atom is -0.346 e. The second-order valence-electron chi connectivity index (χ2n) is 13.6. The number of nitrogens with zero attached hydrogens (tertiary/aromatic N) is 6. The van der Waals surface area contributed by atoms with Crippen LogP contribution in [0.25, 0.3) is 33.1 Å². The van der Waals surface area contributed by atoms with Crippen LogP contribution in [0.2, 0.25) is 5.02 Å². The minimum atomic E-state index is -3.81. The van der Waals surface area contributed by atoms with Crippen molar-refractivity contribution in [2.45, 2.75) is 44.2 Å². The topological polar surface area (TPSA) is 152 Å². The number of carbonyl (C=O) groups is 1. The summed E-state index contributed by atoms with van der Waals surface area (Å²) < 4.78 is 117. The standard InChI is InChI=1S/C34H28ClF6N9O3S/c1-13-24-26-29(32(38)39)46-50(31(26)34(40,41)27(13)24)12-23(51)43-21(8-14-6-15(36)9-16(37)7-14)28-18(10-20-22(44-28)11-42-45-20)17-4-5-19(35)25-30(17)49(2)47-33(25)48-54(3,52)53/h4-7,9-11,13,21,24,27,32H,8,12H2,1-3H3,(H,42,45)(H,43,51)(H,47,48)/t13-,21+,24?,27?/m1/s1. The number of aromatic amines is 1. The highest BCUT2D eigenvalue weighted by Gasteiger charge is 2.71. The lowest BCUT2D eigenvalue weighted by atomic mass is 9.93. The molecule has 4 aromatic heterocycles. The third kappa shape index (κ3) is 5.93. The first kappa shape index (κ1) is 35.8. The van der Waals surface area contributed by atoms with Gasteiger partial charge in [0.05, 0.1) is 45.6 Å². The lowest BCUT2D eigenvalue weighted by molar-refractivity contribution is -0.123. The zero-order valence-corrected chi connectivity index (χ0v) is 29.9. The van der Waals surface area contributed by atoms with Crippen LogP contribution in [0.5, 0.6) is 0 Å². The summed E-state index contributed by atoms with van der Waals surface area (Å²) in [6, 6.07) is 6.25. The van der Waals surface area contributed by atoms with Crippen molar-refractivity contribution in [3.8, 4) is 11.1 Å². The number of benzene rings is 2. The summed E-state index contributed by atoms with van der Waals surface area (Å²) in [6.45, 7) is 0.666. The Balaban J connectivity index is 1.26. The molecule has 6 aromatic rings. The number of rotatable bonds is 10. The van der Waals surface area contributed by atoms with Gasteiger partial charge in [0, 0.05) is 41.6 Å². The van der Waals surface area contributed by atoms with Crippen molar-refractivity contribution in [3.63, 3.8) is 0 Å². The van der Waals surface area contributed by atoms with Gasteiger partial charge in [0.1, 0.15) is 35.1 Å². The van der Waals surface area contributed by atoms with Crippen molar-refractivity contribution in [2.24, 2.45) is 18.9 Å². The van der Waals surface area contributed by atoms with Gasteiger partial charge in [-0.1, -0.05) is 24.6 Å². The SMILES string of the molecule is C[C@@H]1C2c3c(C(F)F)nn(CC(=O)N[C@@H](Cc4cc(F)cc(F)c4)c4nc5cn[nH]c5cc4-c4ccc(Cl)c5c(NS(C)(=O)=O)nn(C)c45)c3C(F)(F)C21. The average Bonchev–Trinajstić information content (AvgIpc) is 3.43. The maximum Gasteiger partial charge on any atom is 0.293 e. The Bertz CT molecular complexity index is 2620. The Morgan fingerprint density at radius 1 is 1.07 bits per heavy atom. The number of alkyl halides is 4. The van der Waals surface area contributed by atoms with Crippen LogP contribution in [0.3, 0.4) is 0 Å². The fourth-order valence-corrected chi connectivity index (χ4v) is 8.58. The fraction of sp³-hybridized carbons (Fsp3) is 0.324. The zero-order chi connectivity index (χ0) is 38.6. The van der Waals surface area contributed by atoms with Crippen molar-refractivity contribution in [2.75, 3.05) is 11.0 Å². The Morgan fingerprint density at radius 3 is 2.48 bits per heavy atom. The number of aromatic nitrogens is 7. The predicted octanol–water partition coefficient (Wildman–Crippen LogP) is 6.50. The number of pyridine rings is 1. The van der Waals surface area contributed by atoms with Gasteiger partial charge in [-0.25, -0.2) is 31.0 Å². The van der Waals surface area contributed by atoms with Crippen molar-refractivity contribution in [1.29, 1.82) is 0 Å². The number of aryl methyl sites for hydroxylation is 1. The second-order valence-corrected chi connectivity index (χ2v) is 15.8. The molecule has 2 unspecified atom stereocenters. The summed E-state index contributed by atoms with van der Waals surface area (Å²) in [5, 5.41) is 18.0. The van der Waals surface area contributed by atoms with Crippen LogP contribution in [-0.2, 0) is 40.8 Å². The summed E-state index contributed by atoms with van der Waals surface area (Å²) in [5.74, 6) is -8.86. The second kappa shape index (κ2) is 12.4. The molecule has 3 N–H and O–H groups in total. The van der Waals surface area contributed by atoms with E-state index in [0.717, 1.165) is 18.4 Å². The lowest BCUT2D eigenvalue weighted by Gasteiger charge is -2.23. The normalized spacial score (nSPS) is 19.4. The number of hydrogen-bond acceptors (Lipinski definition) is 7. The first-order valence-corrected chi connectivity index (χ1v) is 18.7. The number of carbonyl (C=O) groups excluding carboxylic acids is 1. The van der Waals surface area contributed by atoms with Gasteiger partial charge >= 0.3 is 0 Å². The van der Waals surface area contributed by atoms with Crippen LogP contribution in [0, 0.1) is 23.5 Å². The van der Waals surface area contributed by atoms with E-state index in [9.17, 15) is 30.8 Å². The molecule has 4 atom stereocenters. The molecule has 2 aromatic carbocycles. The summed E-state index contributed by atoms with van der Waals surface area (Å²) in [7, 11) is -2.26. The molecule has 4 heterocycles. The zero-order valence-electron chi connectivity index (χ0n) is 28.3. The van der Waals surface area contributed by atoms with Gasteiger partial charge in [-0.05, 0) is 42.2 Å². The van der Waals surface area contributed by atoms with Crippen LogP contribution < -0.4 is 10.0 Å². The van der Waals surface area contributed by atoms with Crippen LogP contribution >= 0.6 is 11.6 Å². The molecule has 1 saturated carbocycles. The molecule has 8 rings (SSSR count). The molecule has 0 aliphatic heterocycles. The summed E-state index contributed by atoms with van der Waals surface area (Å²) in [5.41, 5.74) is 0.185. The predicted molar refractivity (Wildman–Crippen MR) is 184 cm³/mol. The Labute approximate surface area is 306 Å². The minimum absolute atomic E-state index is 0.0715. The third-order valence-electron chi connectivity index (χ3n) is 9.95. The van der Waals surface area contributed by atoms with E-state index in [1.807, 2.05) is 0 Å². The van der Waals surface area contributed by atoms with Crippen molar-refractivity contribution in [1.82, 2.24) is 40.1 Å². The number of fused-ring (bicyclic) bond motifs is 5. The number of H-pyrrole nitrogens is 1. The molecule has 2 aliphatic rings. The van der Waals surface area contributed by atoms with Crippen molar-refractivity contribution in [3.05, 3.63) is 87.5 Å². The number of sulfonamides is 1. The third-order valence-corrected chi connectivity index (χ3v) is 10.8. The van der Waals surface area contributed by atoms with Gasteiger partial charge in [-0.2, -0.15) is 24.1 Å². The van der Waals surface area contributed by atoms with E-state index in [4.69, 9.17) is 16.6 Å². The number of hydrogen-bond donors (Lipinski definition) is 3. The van der Waals surface area contributed by atoms with E-state index in [0.29, 0.717) is 38.4 Å². The monoisotopic (exact) mass is 791 g/mol. The Hall–Kier alpha value is -5.17. The van der Waals surface area contributed by atoms with Gasteiger partial charge in [0.25, 0.3) is 12.3 Å². The quantitative estimate of drug-likeness (QED) is 0.134. The molecule has 12 nitrogen and oxygen atoms in total. The fourth-order valence-electron chi connectivity index (χ4n) is 7.84. The number of amides is 1. The van der Waals surface area contributed by atoms with E-state index in [-0.39, 0.29) is 39.5 Å². The first-order chi connectivity index (χ1) is 25.4. The van der Waals surface area contributed by atoms with E-state index in [2.05, 4.69) is 30.4 Å². The molecule has 0 radical (unpaired) electrons. The summed E-state index contributed by atoms with van der Waals surface area (Å²) in [6.07, 6.45) is -1.11. The smallest absolute Gasteiger partial charge is 0.293 e. The largest absolute Gasteiger partial charge is 0.346 e. The van der Waals surface area contributed by atoms with Crippen molar-refractivity contribution < 1.29 is 39.6 Å². The van der Waals surface area contributed by atoms with E-state index in [1.54, 1.807) is 26.1 Å². The summed E-state index contributed by atoms with van der Waals surface area (Å²) in [4.78, 5) is 18.6. The first-order valence-electron chi connectivity index (χ1n) is 16.4. The van der Waals surface area contributed by atoms with Crippen LogP contribution in [0.4, 0.5) is 32.2 Å². The molecule has 2 aliphatic carbocycles. The van der Waals surface area contributed by atoms with Gasteiger partial charge in [0.15, 0.2) is 5.82 Å². The molecule has 20 heteroatoms. The molecule has 0 spiro atoms. The lowest BCUT2D eigenvalue weighted by Crippen LogP contribution is -2.35. The molecule has 1 fully saturated rings. The Kier molecular flexibility index (Phi) is 8.26. The summed E-state index contributed by atoms with van der Waals surface area (Å²) >= 11 is 6.57. The molecule has 0 saturated heterocycles. The van der Waals surface area contributed by atoms with Gasteiger partial charge in [0.2, 0.25) is 15.9 Å². The Morgan fingerprint density at radius 2 is 1.80 bits per heavy atom. The van der Waals surface area contributed by atoms with Gasteiger partial charge in [-0.3, -0.25) is 24.0 Å². The average molecular weight is 792 g/mol. The van der Waals surface area contributed by atoms with E-state index >= 15 is 8.78 Å². The van der Waals surface area contributed by atoms with Gasteiger partial charge in [-0.15, -0.1) is 0 Å². The molecule has 282 valence electrons. The van der Waals surface area contributed by atoms with E-state index < -0.39 is 81.6 Å². The maximum atomic E-state index is 15.6. The maximum absolute atomic E-state index is 15.6.